The first-order valence-corrected chi connectivity index (χ1v) is 12.7. The highest BCUT2D eigenvalue weighted by molar-refractivity contribution is 7.41. The number of hydrogen-bond donors (Lipinski definition) is 3. The zero-order valence-electron chi connectivity index (χ0n) is 21.0. The Morgan fingerprint density at radius 3 is 2.75 bits per heavy atom. The number of nitrogens with zero attached hydrogens (tertiary/aromatic N) is 1. The minimum atomic E-state index is -1.46. The lowest BCUT2D eigenvalue weighted by Crippen LogP contribution is -2.32. The Labute approximate surface area is 218 Å². The van der Waals surface area contributed by atoms with Gasteiger partial charge in [0.15, 0.2) is 0 Å². The Morgan fingerprint density at radius 2 is 2.11 bits per heavy atom. The summed E-state index contributed by atoms with van der Waals surface area (Å²) in [6.07, 6.45) is 4.38. The fourth-order valence-corrected chi connectivity index (χ4v) is 4.84. The average Bonchev–Trinajstić information content (AvgIpc) is 3.23. The summed E-state index contributed by atoms with van der Waals surface area (Å²) in [4.78, 5) is 23.5. The molecule has 2 fully saturated rings. The average molecular weight is 547 g/mol. The van der Waals surface area contributed by atoms with Gasteiger partial charge in [0.25, 0.3) is 5.91 Å². The third kappa shape index (κ3) is 11.8. The highest BCUT2D eigenvalue weighted by Gasteiger charge is 2.35. The van der Waals surface area contributed by atoms with E-state index in [1.165, 1.54) is 13.0 Å². The van der Waals surface area contributed by atoms with Crippen molar-refractivity contribution in [1.82, 2.24) is 10.2 Å². The number of benzene rings is 1. The summed E-state index contributed by atoms with van der Waals surface area (Å²) in [5.41, 5.74) is 1.01. The molecule has 10 nitrogen and oxygen atoms in total. The second kappa shape index (κ2) is 17.4. The number of rotatable bonds is 8. The van der Waals surface area contributed by atoms with E-state index in [9.17, 15) is 9.59 Å². The van der Waals surface area contributed by atoms with Crippen LogP contribution in [-0.4, -0.2) is 67.1 Å². The van der Waals surface area contributed by atoms with E-state index in [0.29, 0.717) is 24.6 Å². The molecule has 2 aliphatic heterocycles. The van der Waals surface area contributed by atoms with Gasteiger partial charge in [-0.3, -0.25) is 14.9 Å². The van der Waals surface area contributed by atoms with Gasteiger partial charge in [0.2, 0.25) is 6.41 Å². The Hall–Kier alpha value is -2.04. The smallest absolute Gasteiger partial charge is 0.333 e. The summed E-state index contributed by atoms with van der Waals surface area (Å²) in [5, 5.41) is 17.6. The molecule has 0 spiro atoms. The Kier molecular flexibility index (Phi) is 15.5. The van der Waals surface area contributed by atoms with Gasteiger partial charge in [-0.1, -0.05) is 37.2 Å². The van der Waals surface area contributed by atoms with Crippen molar-refractivity contribution in [1.29, 1.82) is 0 Å². The summed E-state index contributed by atoms with van der Waals surface area (Å²) in [5.74, 6) is -0.0754. The number of carbonyl (C=O) groups excluding carboxylic acids is 2. The van der Waals surface area contributed by atoms with Crippen molar-refractivity contribution in [3.63, 3.8) is 0 Å². The van der Waals surface area contributed by atoms with Crippen molar-refractivity contribution >= 4 is 32.5 Å². The highest BCUT2D eigenvalue weighted by atomic mass is 35.5. The molecule has 0 aliphatic carbocycles. The second-order valence-electron chi connectivity index (χ2n) is 7.99. The van der Waals surface area contributed by atoms with Gasteiger partial charge in [0.1, 0.15) is 6.23 Å². The van der Waals surface area contributed by atoms with Crippen LogP contribution in [0.3, 0.4) is 0 Å². The number of imide groups is 1. The maximum Gasteiger partial charge on any atom is 0.333 e. The van der Waals surface area contributed by atoms with Gasteiger partial charge in [-0.05, 0) is 31.0 Å². The van der Waals surface area contributed by atoms with Gasteiger partial charge in [0, 0.05) is 43.8 Å². The Balaban J connectivity index is 0.000000982. The first-order chi connectivity index (χ1) is 17.2. The van der Waals surface area contributed by atoms with Crippen LogP contribution in [0, 0.1) is 5.92 Å². The van der Waals surface area contributed by atoms with Crippen LogP contribution in [0.4, 0.5) is 0 Å². The predicted molar refractivity (Wildman–Crippen MR) is 138 cm³/mol. The first-order valence-electron chi connectivity index (χ1n) is 11.3. The van der Waals surface area contributed by atoms with Crippen LogP contribution < -0.4 is 5.32 Å². The van der Waals surface area contributed by atoms with Crippen molar-refractivity contribution in [3.05, 3.63) is 59.5 Å². The fourth-order valence-electron chi connectivity index (χ4n) is 3.47. The van der Waals surface area contributed by atoms with Crippen molar-refractivity contribution in [2.45, 2.75) is 45.1 Å². The molecule has 2 aliphatic rings. The molecule has 1 aromatic carbocycles. The van der Waals surface area contributed by atoms with Crippen LogP contribution in [0.1, 0.15) is 38.4 Å². The minimum absolute atomic E-state index is 0.103. The molecule has 2 heterocycles. The molecule has 12 heteroatoms. The van der Waals surface area contributed by atoms with Crippen LogP contribution in [0.25, 0.3) is 0 Å². The molecule has 5 unspecified atom stereocenters. The molecular weight excluding hydrogens is 511 g/mol. The van der Waals surface area contributed by atoms with E-state index in [1.807, 2.05) is 36.2 Å². The lowest BCUT2D eigenvalue weighted by Gasteiger charge is -2.29. The molecular formula is C24H36ClN2O8P. The Morgan fingerprint density at radius 1 is 1.42 bits per heavy atom. The van der Waals surface area contributed by atoms with E-state index in [1.54, 1.807) is 6.20 Å². The SMILES string of the molecule is C=C(C)O.CC1CC(COP2OCCC(c3cccc(Cl)c3)O2)OC1N(C)/C=C\C(=O)NC=O.CO. The topological polar surface area (TPSA) is 127 Å². The number of aliphatic hydroxyl groups excluding tert-OH is 2. The maximum absolute atomic E-state index is 11.4. The van der Waals surface area contributed by atoms with E-state index in [2.05, 4.69) is 18.8 Å². The molecule has 202 valence electrons. The molecule has 0 aromatic heterocycles. The van der Waals surface area contributed by atoms with Gasteiger partial charge in [-0.2, -0.15) is 0 Å². The molecule has 3 rings (SSSR count). The van der Waals surface area contributed by atoms with E-state index in [0.717, 1.165) is 25.5 Å². The zero-order chi connectivity index (χ0) is 27.1. The molecule has 5 atom stereocenters. The van der Waals surface area contributed by atoms with Crippen LogP contribution in [0.15, 0.2) is 48.9 Å². The number of hydrogen-bond acceptors (Lipinski definition) is 9. The summed E-state index contributed by atoms with van der Waals surface area (Å²) in [7, 11) is 1.36. The van der Waals surface area contributed by atoms with E-state index < -0.39 is 14.5 Å². The zero-order valence-corrected chi connectivity index (χ0v) is 22.7. The van der Waals surface area contributed by atoms with Crippen LogP contribution >= 0.6 is 20.2 Å². The van der Waals surface area contributed by atoms with Crippen LogP contribution in [0.5, 0.6) is 0 Å². The fraction of sp³-hybridized carbons (Fsp3) is 0.500. The van der Waals surface area contributed by atoms with Gasteiger partial charge >= 0.3 is 8.60 Å². The molecule has 2 saturated heterocycles. The molecule has 0 radical (unpaired) electrons. The number of allylic oxidation sites excluding steroid dienone is 1. The summed E-state index contributed by atoms with van der Waals surface area (Å²) < 4.78 is 23.6. The number of halogens is 1. The third-order valence-corrected chi connectivity index (χ3v) is 6.31. The van der Waals surface area contributed by atoms with Crippen molar-refractivity contribution in [2.75, 3.05) is 27.4 Å². The van der Waals surface area contributed by atoms with Gasteiger partial charge < -0.3 is 33.4 Å². The monoisotopic (exact) mass is 546 g/mol. The minimum Gasteiger partial charge on any atom is -0.513 e. The maximum atomic E-state index is 11.4. The number of aliphatic hydroxyl groups is 2. The van der Waals surface area contributed by atoms with Crippen molar-refractivity contribution < 1.29 is 38.1 Å². The van der Waals surface area contributed by atoms with E-state index in [-0.39, 0.29) is 30.1 Å². The Bertz CT molecular complexity index is 855. The largest absolute Gasteiger partial charge is 0.513 e. The van der Waals surface area contributed by atoms with E-state index >= 15 is 0 Å². The third-order valence-electron chi connectivity index (χ3n) is 4.89. The number of ether oxygens (including phenoxy) is 1. The molecule has 0 bridgehead atoms. The van der Waals surface area contributed by atoms with Crippen LogP contribution in [0.2, 0.25) is 5.02 Å². The highest BCUT2D eigenvalue weighted by Crippen LogP contribution is 2.50. The summed E-state index contributed by atoms with van der Waals surface area (Å²) in [6, 6.07) is 7.62. The van der Waals surface area contributed by atoms with Gasteiger partial charge in [-0.15, -0.1) is 0 Å². The predicted octanol–water partition coefficient (Wildman–Crippen LogP) is 4.22. The summed E-state index contributed by atoms with van der Waals surface area (Å²) in [6.45, 7) is 7.64. The lowest BCUT2D eigenvalue weighted by molar-refractivity contribution is -0.121. The van der Waals surface area contributed by atoms with Gasteiger partial charge in [0.05, 0.1) is 31.2 Å². The molecule has 3 N–H and O–H groups in total. The van der Waals surface area contributed by atoms with E-state index in [4.69, 9.17) is 40.1 Å². The van der Waals surface area contributed by atoms with Crippen LogP contribution in [-0.2, 0) is 27.9 Å². The number of nitrogens with one attached hydrogen (secondary N) is 1. The van der Waals surface area contributed by atoms with Crippen molar-refractivity contribution in [3.8, 4) is 0 Å². The number of carbonyl (C=O) groups is 2. The van der Waals surface area contributed by atoms with Crippen molar-refractivity contribution in [2.24, 2.45) is 5.92 Å². The normalized spacial score (nSPS) is 25.1. The molecule has 36 heavy (non-hydrogen) atoms. The molecule has 0 saturated carbocycles. The number of amides is 2. The molecule has 1 aromatic rings. The second-order valence-corrected chi connectivity index (χ2v) is 9.61. The molecule has 2 amide bonds. The lowest BCUT2D eigenvalue weighted by atomic mass is 10.1. The summed E-state index contributed by atoms with van der Waals surface area (Å²) >= 11 is 6.08. The quantitative estimate of drug-likeness (QED) is 0.190. The standard InChI is InChI=1S/C20H26ClN2O6P.C3H6O.CH4O/c1-14-10-17(28-20(14)23(2)8-6-19(25)22-13-24)12-27-30-26-9-7-18(29-30)15-4-3-5-16(21)11-15;1-3(2)4;1-2/h3-6,8,11,13-14,17-18,20H,7,9-10,12H2,1-2H3,(H,22,24,25);4H,1H2,2H3;2H,1H3/b8-6-;;. The first kappa shape index (κ1) is 32.0. The van der Waals surface area contributed by atoms with Gasteiger partial charge in [-0.25, -0.2) is 0 Å².